The highest BCUT2D eigenvalue weighted by Crippen LogP contribution is 2.31. The van der Waals surface area contributed by atoms with Gasteiger partial charge in [0.1, 0.15) is 5.84 Å². The molecule has 0 spiro atoms. The van der Waals surface area contributed by atoms with Gasteiger partial charge in [0, 0.05) is 6.20 Å². The number of nitrogens with zero attached hydrogens (tertiary/aromatic N) is 2. The molecule has 2 aliphatic heterocycles. The highest BCUT2D eigenvalue weighted by atomic mass is 16.1. The predicted molar refractivity (Wildman–Crippen MR) is 66.6 cm³/mol. The van der Waals surface area contributed by atoms with E-state index >= 15 is 0 Å². The zero-order valence-electron chi connectivity index (χ0n) is 9.28. The van der Waals surface area contributed by atoms with E-state index in [-0.39, 0.29) is 0 Å². The van der Waals surface area contributed by atoms with Crippen molar-refractivity contribution in [3.05, 3.63) is 60.3 Å². The lowest BCUT2D eigenvalue weighted by Crippen LogP contribution is -2.32. The molecule has 2 aliphatic rings. The lowest BCUT2D eigenvalue weighted by molar-refractivity contribution is -0.112. The summed E-state index contributed by atoms with van der Waals surface area (Å²) in [6.07, 6.45) is 8.70. The van der Waals surface area contributed by atoms with Crippen LogP contribution in [0.3, 0.4) is 0 Å². The second-order valence-corrected chi connectivity index (χ2v) is 4.21. The first kappa shape index (κ1) is 10.0. The van der Waals surface area contributed by atoms with Crippen molar-refractivity contribution < 1.29 is 4.79 Å². The number of aldehydes is 1. The first-order valence-corrected chi connectivity index (χ1v) is 5.57. The van der Waals surface area contributed by atoms with Gasteiger partial charge in [-0.15, -0.1) is 0 Å². The third kappa shape index (κ3) is 1.51. The topological polar surface area (TPSA) is 32.7 Å². The highest BCUT2D eigenvalue weighted by molar-refractivity contribution is 5.99. The van der Waals surface area contributed by atoms with E-state index in [1.165, 1.54) is 0 Å². The van der Waals surface area contributed by atoms with Crippen LogP contribution in [-0.4, -0.2) is 23.6 Å². The molecule has 3 heteroatoms. The van der Waals surface area contributed by atoms with Gasteiger partial charge in [-0.1, -0.05) is 36.4 Å². The molecule has 3 nitrogen and oxygen atoms in total. The maximum absolute atomic E-state index is 11.5. The number of carbonyl (C=O) groups excluding carboxylic acids is 1. The average Bonchev–Trinajstić information content (AvgIpc) is 2.79. The Kier molecular flexibility index (Phi) is 2.18. The Hall–Kier alpha value is -2.16. The summed E-state index contributed by atoms with van der Waals surface area (Å²) in [5.41, 5.74) is 0.189. The Bertz CT molecular complexity index is 530. The first-order valence-electron chi connectivity index (χ1n) is 5.57. The molecule has 0 saturated heterocycles. The van der Waals surface area contributed by atoms with Crippen molar-refractivity contribution >= 4 is 12.1 Å². The second-order valence-electron chi connectivity index (χ2n) is 4.21. The average molecular weight is 224 g/mol. The Balaban J connectivity index is 2.07. The number of aliphatic imine (C=N–C) groups is 1. The Morgan fingerprint density at radius 3 is 2.76 bits per heavy atom. The van der Waals surface area contributed by atoms with E-state index in [9.17, 15) is 4.79 Å². The van der Waals surface area contributed by atoms with Crippen LogP contribution in [0.1, 0.15) is 5.56 Å². The van der Waals surface area contributed by atoms with Crippen molar-refractivity contribution in [2.45, 2.75) is 5.54 Å². The molecule has 84 valence electrons. The molecule has 2 heterocycles. The fraction of sp³-hybridized carbons (Fsp3) is 0.143. The van der Waals surface area contributed by atoms with Crippen molar-refractivity contribution in [3.8, 4) is 0 Å². The molecule has 0 amide bonds. The number of fused-ring (bicyclic) bond motifs is 1. The van der Waals surface area contributed by atoms with Crippen LogP contribution >= 0.6 is 0 Å². The van der Waals surface area contributed by atoms with Crippen LogP contribution in [0.2, 0.25) is 0 Å². The molecule has 1 atom stereocenters. The number of carbonyl (C=O) groups is 1. The van der Waals surface area contributed by atoms with Crippen LogP contribution in [0.4, 0.5) is 0 Å². The molecule has 0 aliphatic carbocycles. The van der Waals surface area contributed by atoms with Crippen molar-refractivity contribution in [1.82, 2.24) is 4.90 Å². The molecule has 17 heavy (non-hydrogen) atoms. The van der Waals surface area contributed by atoms with Crippen LogP contribution in [-0.2, 0) is 10.3 Å². The standard InChI is InChI=1S/C14H12N2O/c17-11-14(12-6-2-1-3-7-12)10-16-9-5-4-8-13(16)15-14/h1-9,11H,10H2. The SMILES string of the molecule is O=CC1(c2ccccc2)CN2C=CC=CC2=N1. The molecular weight excluding hydrogens is 212 g/mol. The number of benzene rings is 1. The zero-order valence-corrected chi connectivity index (χ0v) is 9.28. The fourth-order valence-corrected chi connectivity index (χ4v) is 2.22. The van der Waals surface area contributed by atoms with E-state index in [2.05, 4.69) is 4.99 Å². The third-order valence-electron chi connectivity index (χ3n) is 3.11. The van der Waals surface area contributed by atoms with Gasteiger partial charge < -0.3 is 9.69 Å². The lowest BCUT2D eigenvalue weighted by atomic mass is 9.93. The molecule has 1 aromatic rings. The minimum atomic E-state index is -0.754. The summed E-state index contributed by atoms with van der Waals surface area (Å²) < 4.78 is 0. The van der Waals surface area contributed by atoms with Crippen LogP contribution in [0.5, 0.6) is 0 Å². The summed E-state index contributed by atoms with van der Waals surface area (Å²) in [4.78, 5) is 18.1. The summed E-state index contributed by atoms with van der Waals surface area (Å²) in [5, 5.41) is 0. The summed E-state index contributed by atoms with van der Waals surface area (Å²) in [5.74, 6) is 0.850. The minimum absolute atomic E-state index is 0.580. The molecule has 3 rings (SSSR count). The molecule has 0 bridgehead atoms. The van der Waals surface area contributed by atoms with Gasteiger partial charge in [-0.2, -0.15) is 0 Å². The Labute approximate surface area is 99.8 Å². The lowest BCUT2D eigenvalue weighted by Gasteiger charge is -2.21. The molecule has 1 aromatic carbocycles. The number of rotatable bonds is 2. The summed E-state index contributed by atoms with van der Waals surface area (Å²) >= 11 is 0. The monoisotopic (exact) mass is 224 g/mol. The second kappa shape index (κ2) is 3.70. The largest absolute Gasteiger partial charge is 0.330 e. The number of hydrogen-bond acceptors (Lipinski definition) is 3. The zero-order chi connectivity index (χ0) is 11.7. The predicted octanol–water partition coefficient (Wildman–Crippen LogP) is 1.88. The summed E-state index contributed by atoms with van der Waals surface area (Å²) in [7, 11) is 0. The normalized spacial score (nSPS) is 25.6. The number of allylic oxidation sites excluding steroid dienone is 2. The van der Waals surface area contributed by atoms with Gasteiger partial charge in [0.05, 0.1) is 6.54 Å². The fourth-order valence-electron chi connectivity index (χ4n) is 2.22. The highest BCUT2D eigenvalue weighted by Gasteiger charge is 2.39. The molecule has 0 N–H and O–H groups in total. The van der Waals surface area contributed by atoms with E-state index in [0.29, 0.717) is 6.54 Å². The molecule has 0 radical (unpaired) electrons. The molecule has 0 saturated carbocycles. The van der Waals surface area contributed by atoms with Gasteiger partial charge in [-0.3, -0.25) is 0 Å². The molecule has 0 aromatic heterocycles. The van der Waals surface area contributed by atoms with Crippen LogP contribution in [0.15, 0.2) is 59.8 Å². The minimum Gasteiger partial charge on any atom is -0.330 e. The van der Waals surface area contributed by atoms with Crippen molar-refractivity contribution in [2.24, 2.45) is 4.99 Å². The van der Waals surface area contributed by atoms with Crippen LogP contribution < -0.4 is 0 Å². The summed E-state index contributed by atoms with van der Waals surface area (Å²) in [6, 6.07) is 9.71. The molecule has 1 unspecified atom stereocenters. The van der Waals surface area contributed by atoms with E-state index in [1.807, 2.05) is 59.7 Å². The van der Waals surface area contributed by atoms with Crippen LogP contribution in [0.25, 0.3) is 0 Å². The molecule has 0 fully saturated rings. The Morgan fingerprint density at radius 1 is 1.24 bits per heavy atom. The number of amidine groups is 1. The number of hydrogen-bond donors (Lipinski definition) is 0. The van der Waals surface area contributed by atoms with Gasteiger partial charge in [-0.25, -0.2) is 4.99 Å². The first-order chi connectivity index (χ1) is 8.34. The van der Waals surface area contributed by atoms with Crippen molar-refractivity contribution in [1.29, 1.82) is 0 Å². The van der Waals surface area contributed by atoms with Crippen molar-refractivity contribution in [2.75, 3.05) is 6.54 Å². The van der Waals surface area contributed by atoms with E-state index < -0.39 is 5.54 Å². The van der Waals surface area contributed by atoms with Gasteiger partial charge in [0.25, 0.3) is 0 Å². The molecular formula is C14H12N2O. The van der Waals surface area contributed by atoms with Gasteiger partial charge in [-0.05, 0) is 17.7 Å². The quantitative estimate of drug-likeness (QED) is 0.718. The van der Waals surface area contributed by atoms with Gasteiger partial charge >= 0.3 is 0 Å². The summed E-state index contributed by atoms with van der Waals surface area (Å²) in [6.45, 7) is 0.580. The maximum Gasteiger partial charge on any atom is 0.161 e. The van der Waals surface area contributed by atoms with E-state index in [4.69, 9.17) is 0 Å². The van der Waals surface area contributed by atoms with Crippen molar-refractivity contribution in [3.63, 3.8) is 0 Å². The van der Waals surface area contributed by atoms with Gasteiger partial charge in [0.2, 0.25) is 0 Å². The third-order valence-corrected chi connectivity index (χ3v) is 3.11. The smallest absolute Gasteiger partial charge is 0.161 e. The Morgan fingerprint density at radius 2 is 2.06 bits per heavy atom. The van der Waals surface area contributed by atoms with Crippen LogP contribution in [0, 0.1) is 0 Å². The van der Waals surface area contributed by atoms with E-state index in [0.717, 1.165) is 17.7 Å². The maximum atomic E-state index is 11.5. The van der Waals surface area contributed by atoms with E-state index in [1.54, 1.807) is 0 Å². The van der Waals surface area contributed by atoms with Gasteiger partial charge in [0.15, 0.2) is 11.8 Å².